The van der Waals surface area contributed by atoms with Crippen LogP contribution < -0.4 is 0 Å². The van der Waals surface area contributed by atoms with Crippen molar-refractivity contribution in [3.8, 4) is 56.3 Å². The number of aromatic hydroxyl groups is 1. The Morgan fingerprint density at radius 1 is 0.544 bits per heavy atom. The molecule has 0 fully saturated rings. The second-order valence-electron chi connectivity index (χ2n) is 19.4. The summed E-state index contributed by atoms with van der Waals surface area (Å²) >= 11 is 0. The van der Waals surface area contributed by atoms with E-state index in [1.165, 1.54) is 22.3 Å². The van der Waals surface area contributed by atoms with Crippen molar-refractivity contribution in [2.24, 2.45) is 0 Å². The van der Waals surface area contributed by atoms with Gasteiger partial charge in [-0.05, 0) is 73.7 Å². The van der Waals surface area contributed by atoms with Crippen LogP contribution in [0.4, 0.5) is 0 Å². The molecule has 2 aromatic heterocycles. The van der Waals surface area contributed by atoms with Crippen LogP contribution >= 0.6 is 0 Å². The van der Waals surface area contributed by atoms with Gasteiger partial charge >= 0.3 is 0 Å². The quantitative estimate of drug-likeness (QED) is 0.175. The van der Waals surface area contributed by atoms with E-state index in [9.17, 15) is 5.11 Å². The van der Waals surface area contributed by atoms with Crippen molar-refractivity contribution in [2.75, 3.05) is 0 Å². The molecule has 57 heavy (non-hydrogen) atoms. The Morgan fingerprint density at radius 2 is 1.14 bits per heavy atom. The molecule has 0 unspecified atom stereocenters. The first-order chi connectivity index (χ1) is 26.2. The fraction of sp³-hybridized carbons (Fsp3) is 0.308. The topological polar surface area (TPSA) is 50.9 Å². The van der Waals surface area contributed by atoms with E-state index in [2.05, 4.69) is 179 Å². The largest absolute Gasteiger partial charge is 0.507 e. The van der Waals surface area contributed by atoms with Gasteiger partial charge in [-0.3, -0.25) is 9.55 Å². The fourth-order valence-corrected chi connectivity index (χ4v) is 7.57. The maximum absolute atomic E-state index is 11.5. The Balaban J connectivity index is 0.00000549. The molecule has 0 amide bonds. The maximum Gasteiger partial charge on any atom is 0.148 e. The SMILES string of the molecule is CC(C)(C)c1ccnc(-c2[c-]c(-c3cc(C(C)(C)C)cc4c3nc(-c3ccccc3O)n4-c3c(C(C)(C)C)cccc3C(C)(C)C)cc(-c3ccccc3)c2)c1.[Pt]. The van der Waals surface area contributed by atoms with Crippen LogP contribution in [0.2, 0.25) is 0 Å². The first-order valence-electron chi connectivity index (χ1n) is 19.8. The molecule has 7 aromatic rings. The van der Waals surface area contributed by atoms with Crippen LogP contribution in [0.3, 0.4) is 0 Å². The molecule has 0 aliphatic carbocycles. The summed E-state index contributed by atoms with van der Waals surface area (Å²) in [6.07, 6.45) is 1.91. The van der Waals surface area contributed by atoms with Gasteiger partial charge in [-0.25, -0.2) is 4.98 Å². The molecule has 5 heteroatoms. The number of phenolic OH excluding ortho intramolecular Hbond substituents is 1. The molecule has 0 aliphatic heterocycles. The van der Waals surface area contributed by atoms with Crippen LogP contribution in [-0.4, -0.2) is 19.6 Å². The van der Waals surface area contributed by atoms with Gasteiger partial charge in [-0.15, -0.1) is 23.8 Å². The van der Waals surface area contributed by atoms with E-state index in [0.29, 0.717) is 11.4 Å². The summed E-state index contributed by atoms with van der Waals surface area (Å²) in [4.78, 5) is 10.5. The van der Waals surface area contributed by atoms with E-state index in [1.54, 1.807) is 6.07 Å². The number of benzene rings is 5. The summed E-state index contributed by atoms with van der Waals surface area (Å²) in [5, 5.41) is 11.5. The Morgan fingerprint density at radius 3 is 1.74 bits per heavy atom. The van der Waals surface area contributed by atoms with Crippen LogP contribution in [0.1, 0.15) is 105 Å². The Hall–Kier alpha value is -4.79. The molecular weight excluding hydrogens is 878 g/mol. The number of hydrogen-bond acceptors (Lipinski definition) is 3. The van der Waals surface area contributed by atoms with Gasteiger partial charge in [-0.1, -0.05) is 173 Å². The molecule has 0 saturated heterocycles. The summed E-state index contributed by atoms with van der Waals surface area (Å²) in [6.45, 7) is 27.2. The van der Waals surface area contributed by atoms with Gasteiger partial charge in [0, 0.05) is 33.0 Å². The predicted molar refractivity (Wildman–Crippen MR) is 236 cm³/mol. The van der Waals surface area contributed by atoms with E-state index in [4.69, 9.17) is 9.97 Å². The smallest absolute Gasteiger partial charge is 0.148 e. The molecule has 0 radical (unpaired) electrons. The van der Waals surface area contributed by atoms with Crippen molar-refractivity contribution in [1.82, 2.24) is 14.5 Å². The third-order valence-electron chi connectivity index (χ3n) is 10.8. The second kappa shape index (κ2) is 15.2. The van der Waals surface area contributed by atoms with Crippen LogP contribution in [-0.2, 0) is 42.7 Å². The Bertz CT molecular complexity index is 2540. The number of pyridine rings is 1. The average molecular weight is 934 g/mol. The zero-order chi connectivity index (χ0) is 40.4. The van der Waals surface area contributed by atoms with Gasteiger partial charge in [0.1, 0.15) is 11.6 Å². The number of para-hydroxylation sites is 2. The monoisotopic (exact) mass is 933 g/mol. The van der Waals surface area contributed by atoms with Crippen molar-refractivity contribution < 1.29 is 26.2 Å². The standard InChI is InChI=1S/C52H56N3O.Pt/c1-49(2,3)37-25-26-53-43(31-37)36-28-34(33-19-14-13-15-20-33)27-35(29-36)40-30-38(50(4,5)6)32-44-46(40)54-48(39-21-16-17-24-45(39)56)55(44)47-41(51(7,8)9)22-18-23-42(47)52(10,11)12;/h13-28,30-32,56H,1-12H3;/q-1;. The predicted octanol–water partition coefficient (Wildman–Crippen LogP) is 13.8. The van der Waals surface area contributed by atoms with E-state index < -0.39 is 0 Å². The maximum atomic E-state index is 11.5. The van der Waals surface area contributed by atoms with E-state index in [1.807, 2.05) is 24.4 Å². The molecule has 0 saturated carbocycles. The van der Waals surface area contributed by atoms with Crippen molar-refractivity contribution in [2.45, 2.75) is 105 Å². The van der Waals surface area contributed by atoms with Crippen molar-refractivity contribution in [3.05, 3.63) is 144 Å². The van der Waals surface area contributed by atoms with Crippen LogP contribution in [0.5, 0.6) is 5.75 Å². The van der Waals surface area contributed by atoms with E-state index in [0.717, 1.165) is 50.2 Å². The van der Waals surface area contributed by atoms with Crippen molar-refractivity contribution in [1.29, 1.82) is 0 Å². The number of fused-ring (bicyclic) bond motifs is 1. The summed E-state index contributed by atoms with van der Waals surface area (Å²) < 4.78 is 2.33. The van der Waals surface area contributed by atoms with Gasteiger partial charge in [0.25, 0.3) is 0 Å². The van der Waals surface area contributed by atoms with E-state index >= 15 is 0 Å². The van der Waals surface area contributed by atoms with Gasteiger partial charge in [0.2, 0.25) is 0 Å². The normalized spacial score (nSPS) is 12.5. The number of imidazole rings is 1. The molecule has 7 rings (SSSR count). The molecule has 1 N–H and O–H groups in total. The van der Waals surface area contributed by atoms with Gasteiger partial charge in [0.05, 0.1) is 22.3 Å². The molecule has 0 atom stereocenters. The second-order valence-corrected chi connectivity index (χ2v) is 19.4. The molecule has 0 spiro atoms. The number of rotatable bonds is 5. The first-order valence-corrected chi connectivity index (χ1v) is 19.8. The molecule has 296 valence electrons. The summed E-state index contributed by atoms with van der Waals surface area (Å²) in [7, 11) is 0. The number of phenols is 1. The summed E-state index contributed by atoms with van der Waals surface area (Å²) in [5.41, 5.74) is 13.8. The molecule has 0 aliphatic rings. The molecule has 2 heterocycles. The first kappa shape index (κ1) is 41.8. The number of aromatic nitrogens is 3. The van der Waals surface area contributed by atoms with Crippen molar-refractivity contribution >= 4 is 11.0 Å². The number of nitrogens with zero attached hydrogens (tertiary/aromatic N) is 3. The fourth-order valence-electron chi connectivity index (χ4n) is 7.57. The minimum Gasteiger partial charge on any atom is -0.507 e. The van der Waals surface area contributed by atoms with Crippen LogP contribution in [0, 0.1) is 6.07 Å². The zero-order valence-electron chi connectivity index (χ0n) is 35.6. The molecular formula is C52H56N3OPt-. The summed E-state index contributed by atoms with van der Waals surface area (Å²) in [5.74, 6) is 0.892. The third kappa shape index (κ3) is 8.30. The molecule has 4 nitrogen and oxygen atoms in total. The van der Waals surface area contributed by atoms with Crippen molar-refractivity contribution in [3.63, 3.8) is 0 Å². The average Bonchev–Trinajstić information content (AvgIpc) is 3.52. The zero-order valence-corrected chi connectivity index (χ0v) is 37.8. The van der Waals surface area contributed by atoms with Gasteiger partial charge in [0.15, 0.2) is 0 Å². The summed E-state index contributed by atoms with van der Waals surface area (Å²) in [6, 6.07) is 42.1. The minimum absolute atomic E-state index is 0. The Labute approximate surface area is 354 Å². The molecule has 5 aromatic carbocycles. The van der Waals surface area contributed by atoms with Crippen LogP contribution in [0.25, 0.3) is 61.6 Å². The van der Waals surface area contributed by atoms with Crippen LogP contribution in [0.15, 0.2) is 115 Å². The van der Waals surface area contributed by atoms with Gasteiger partial charge < -0.3 is 5.11 Å². The van der Waals surface area contributed by atoms with Gasteiger partial charge in [-0.2, -0.15) is 0 Å². The third-order valence-corrected chi connectivity index (χ3v) is 10.8. The number of hydrogen-bond donors (Lipinski definition) is 1. The Kier molecular flexibility index (Phi) is 11.1. The molecule has 0 bridgehead atoms. The minimum atomic E-state index is -0.189. The van der Waals surface area contributed by atoms with E-state index in [-0.39, 0.29) is 48.5 Å².